The molecule has 66 valence electrons. The Morgan fingerprint density at radius 3 is 2.33 bits per heavy atom. The van der Waals surface area contributed by atoms with Gasteiger partial charge in [-0.15, -0.1) is 0 Å². The van der Waals surface area contributed by atoms with Crippen LogP contribution in [-0.2, 0) is 9.59 Å². The number of allylic oxidation sites excluding steroid dienone is 2. The Bertz CT molecular complexity index is 210. The largest absolute Gasteiger partial charge is 0.302 e. The van der Waals surface area contributed by atoms with Crippen molar-refractivity contribution in [3.05, 3.63) is 12.2 Å². The van der Waals surface area contributed by atoms with Gasteiger partial charge < -0.3 is 4.79 Å². The molecule has 2 nitrogen and oxygen atoms in total. The van der Waals surface area contributed by atoms with Crippen LogP contribution in [0.3, 0.4) is 0 Å². The lowest BCUT2D eigenvalue weighted by molar-refractivity contribution is -0.113. The predicted octanol–water partition coefficient (Wildman–Crippen LogP) is 1.89. The van der Waals surface area contributed by atoms with Crippen molar-refractivity contribution in [1.82, 2.24) is 0 Å². The van der Waals surface area contributed by atoms with Crippen LogP contribution in [0.25, 0.3) is 0 Å². The molecule has 0 aromatic rings. The maximum absolute atomic E-state index is 10.8. The van der Waals surface area contributed by atoms with Crippen LogP contribution in [0.15, 0.2) is 12.2 Å². The van der Waals surface area contributed by atoms with Crippen LogP contribution in [0.1, 0.15) is 32.6 Å². The van der Waals surface area contributed by atoms with Gasteiger partial charge in [0.15, 0.2) is 5.78 Å². The maximum atomic E-state index is 10.8. The van der Waals surface area contributed by atoms with E-state index in [2.05, 4.69) is 0 Å². The summed E-state index contributed by atoms with van der Waals surface area (Å²) in [4.78, 5) is 21.4. The molecule has 0 bridgehead atoms. The average molecular weight is 166 g/mol. The second-order valence-corrected chi connectivity index (χ2v) is 3.50. The van der Waals surface area contributed by atoms with Crippen LogP contribution >= 0.6 is 0 Å². The molecular weight excluding hydrogens is 152 g/mol. The number of ketones is 1. The van der Waals surface area contributed by atoms with E-state index in [4.69, 9.17) is 0 Å². The molecule has 2 heteroatoms. The van der Waals surface area contributed by atoms with Gasteiger partial charge in [0.05, 0.1) is 0 Å². The summed E-state index contributed by atoms with van der Waals surface area (Å²) in [6.45, 7) is 1.50. The van der Waals surface area contributed by atoms with E-state index in [0.29, 0.717) is 0 Å². The number of rotatable bonds is 3. The fourth-order valence-corrected chi connectivity index (χ4v) is 1.64. The Balaban J connectivity index is 2.67. The second-order valence-electron chi connectivity index (χ2n) is 3.50. The molecule has 0 aliphatic heterocycles. The number of aldehydes is 1. The lowest BCUT2D eigenvalue weighted by Crippen LogP contribution is -2.14. The molecular formula is C10H14O2. The second kappa shape index (κ2) is 3.65. The standard InChI is InChI=1S/C10H14O2/c1-9(12)4-7-10(8-11)5-2-3-6-10/h4,7-8H,2-3,5-6H2,1H3/b7-4-. The molecule has 0 aromatic carbocycles. The van der Waals surface area contributed by atoms with E-state index >= 15 is 0 Å². The van der Waals surface area contributed by atoms with E-state index in [1.165, 1.54) is 13.0 Å². The van der Waals surface area contributed by atoms with Crippen molar-refractivity contribution in [3.63, 3.8) is 0 Å². The predicted molar refractivity (Wildman–Crippen MR) is 46.8 cm³/mol. The van der Waals surface area contributed by atoms with Crippen LogP contribution in [0.5, 0.6) is 0 Å². The van der Waals surface area contributed by atoms with Gasteiger partial charge in [0.1, 0.15) is 6.29 Å². The zero-order valence-corrected chi connectivity index (χ0v) is 7.38. The Kier molecular flexibility index (Phi) is 2.79. The maximum Gasteiger partial charge on any atom is 0.152 e. The Morgan fingerprint density at radius 2 is 1.92 bits per heavy atom. The molecule has 0 spiro atoms. The van der Waals surface area contributed by atoms with Crippen LogP contribution in [0, 0.1) is 5.41 Å². The molecule has 1 aliphatic carbocycles. The lowest BCUT2D eigenvalue weighted by Gasteiger charge is -2.15. The van der Waals surface area contributed by atoms with Gasteiger partial charge in [0.25, 0.3) is 0 Å². The average Bonchev–Trinajstić information content (AvgIpc) is 2.50. The summed E-state index contributed by atoms with van der Waals surface area (Å²) in [5.74, 6) is 0.0168. The first-order valence-electron chi connectivity index (χ1n) is 4.35. The summed E-state index contributed by atoms with van der Waals surface area (Å²) >= 11 is 0. The van der Waals surface area contributed by atoms with Gasteiger partial charge >= 0.3 is 0 Å². The minimum Gasteiger partial charge on any atom is -0.302 e. The van der Waals surface area contributed by atoms with Crippen molar-refractivity contribution in [2.75, 3.05) is 0 Å². The monoisotopic (exact) mass is 166 g/mol. The summed E-state index contributed by atoms with van der Waals surface area (Å²) in [5, 5.41) is 0. The highest BCUT2D eigenvalue weighted by Gasteiger charge is 2.30. The number of hydrogen-bond acceptors (Lipinski definition) is 2. The van der Waals surface area contributed by atoms with Gasteiger partial charge in [-0.2, -0.15) is 0 Å². The number of hydrogen-bond donors (Lipinski definition) is 0. The normalized spacial score (nSPS) is 21.4. The summed E-state index contributed by atoms with van der Waals surface area (Å²) < 4.78 is 0. The van der Waals surface area contributed by atoms with Crippen LogP contribution in [0.2, 0.25) is 0 Å². The van der Waals surface area contributed by atoms with Gasteiger partial charge in [-0.05, 0) is 25.8 Å². The summed E-state index contributed by atoms with van der Waals surface area (Å²) in [6.07, 6.45) is 8.27. The van der Waals surface area contributed by atoms with E-state index in [1.54, 1.807) is 6.08 Å². The van der Waals surface area contributed by atoms with Gasteiger partial charge in [-0.25, -0.2) is 0 Å². The van der Waals surface area contributed by atoms with Crippen LogP contribution < -0.4 is 0 Å². The molecule has 1 fully saturated rings. The molecule has 0 aromatic heterocycles. The first kappa shape index (κ1) is 9.17. The summed E-state index contributed by atoms with van der Waals surface area (Å²) in [7, 11) is 0. The molecule has 0 amide bonds. The van der Waals surface area contributed by atoms with Crippen molar-refractivity contribution in [3.8, 4) is 0 Å². The first-order valence-corrected chi connectivity index (χ1v) is 4.35. The van der Waals surface area contributed by atoms with Gasteiger partial charge in [0, 0.05) is 5.41 Å². The molecule has 0 heterocycles. The lowest BCUT2D eigenvalue weighted by atomic mass is 9.87. The molecule has 0 saturated heterocycles. The third-order valence-electron chi connectivity index (χ3n) is 2.42. The zero-order valence-electron chi connectivity index (χ0n) is 7.38. The van der Waals surface area contributed by atoms with Gasteiger partial charge in [-0.1, -0.05) is 18.9 Å². The smallest absolute Gasteiger partial charge is 0.152 e. The molecule has 12 heavy (non-hydrogen) atoms. The van der Waals surface area contributed by atoms with E-state index in [9.17, 15) is 9.59 Å². The molecule has 1 saturated carbocycles. The molecule has 0 N–H and O–H groups in total. The number of carbonyl (C=O) groups excluding carboxylic acids is 2. The van der Waals surface area contributed by atoms with E-state index in [1.807, 2.05) is 0 Å². The third-order valence-corrected chi connectivity index (χ3v) is 2.42. The molecule has 0 unspecified atom stereocenters. The first-order chi connectivity index (χ1) is 5.68. The highest BCUT2D eigenvalue weighted by Crippen LogP contribution is 2.37. The highest BCUT2D eigenvalue weighted by molar-refractivity contribution is 5.88. The van der Waals surface area contributed by atoms with Crippen molar-refractivity contribution >= 4 is 12.1 Å². The van der Waals surface area contributed by atoms with Crippen molar-refractivity contribution in [1.29, 1.82) is 0 Å². The summed E-state index contributed by atoms with van der Waals surface area (Å²) in [6, 6.07) is 0. The van der Waals surface area contributed by atoms with Crippen molar-refractivity contribution in [2.45, 2.75) is 32.6 Å². The Hall–Kier alpha value is -0.920. The molecule has 1 rings (SSSR count). The highest BCUT2D eigenvalue weighted by atomic mass is 16.1. The van der Waals surface area contributed by atoms with Crippen molar-refractivity contribution < 1.29 is 9.59 Å². The fraction of sp³-hybridized carbons (Fsp3) is 0.600. The quantitative estimate of drug-likeness (QED) is 0.474. The minimum absolute atomic E-state index is 0.0168. The fourth-order valence-electron chi connectivity index (χ4n) is 1.64. The SMILES string of the molecule is CC(=O)/C=C\C1(C=O)CCCC1. The van der Waals surface area contributed by atoms with Crippen LogP contribution in [-0.4, -0.2) is 12.1 Å². The zero-order chi connectivity index (χ0) is 9.03. The Labute approximate surface area is 72.7 Å². The van der Waals surface area contributed by atoms with Gasteiger partial charge in [-0.3, -0.25) is 4.79 Å². The molecule has 0 radical (unpaired) electrons. The van der Waals surface area contributed by atoms with E-state index in [-0.39, 0.29) is 11.2 Å². The van der Waals surface area contributed by atoms with E-state index < -0.39 is 0 Å². The van der Waals surface area contributed by atoms with E-state index in [0.717, 1.165) is 32.0 Å². The van der Waals surface area contributed by atoms with Crippen LogP contribution in [0.4, 0.5) is 0 Å². The third kappa shape index (κ3) is 2.03. The minimum atomic E-state index is -0.314. The topological polar surface area (TPSA) is 34.1 Å². The molecule has 0 atom stereocenters. The summed E-state index contributed by atoms with van der Waals surface area (Å²) in [5.41, 5.74) is -0.314. The molecule has 1 aliphatic rings. The Morgan fingerprint density at radius 1 is 1.33 bits per heavy atom. The number of carbonyl (C=O) groups is 2. The van der Waals surface area contributed by atoms with Crippen molar-refractivity contribution in [2.24, 2.45) is 5.41 Å². The van der Waals surface area contributed by atoms with Gasteiger partial charge in [0.2, 0.25) is 0 Å².